The van der Waals surface area contributed by atoms with E-state index in [1.54, 1.807) is 0 Å². The molecule has 0 amide bonds. The second-order valence-corrected chi connectivity index (χ2v) is 8.12. The molecule has 0 saturated carbocycles. The minimum atomic E-state index is 0.954. The quantitative estimate of drug-likeness (QED) is 0.325. The zero-order chi connectivity index (χ0) is 18.0. The minimum absolute atomic E-state index is 0.954. The molecule has 0 unspecified atom stereocenters. The SMILES string of the molecule is Cc1cc(C)c(C)c(-c2sc3c4c(ccc5ccccc54)oc3[n+]2C)c1. The number of benzene rings is 3. The molecule has 3 aromatic carbocycles. The lowest BCUT2D eigenvalue weighted by molar-refractivity contribution is -0.636. The van der Waals surface area contributed by atoms with E-state index in [1.165, 1.54) is 48.1 Å². The zero-order valence-corrected chi connectivity index (χ0v) is 16.2. The highest BCUT2D eigenvalue weighted by molar-refractivity contribution is 7.22. The van der Waals surface area contributed by atoms with Crippen molar-refractivity contribution in [2.75, 3.05) is 0 Å². The van der Waals surface area contributed by atoms with E-state index in [2.05, 4.69) is 80.9 Å². The van der Waals surface area contributed by atoms with Crippen molar-refractivity contribution in [3.63, 3.8) is 0 Å². The van der Waals surface area contributed by atoms with Gasteiger partial charge in [-0.1, -0.05) is 47.7 Å². The summed E-state index contributed by atoms with van der Waals surface area (Å²) in [7, 11) is 2.11. The maximum Gasteiger partial charge on any atom is 0.393 e. The lowest BCUT2D eigenvalue weighted by Gasteiger charge is -2.06. The first kappa shape index (κ1) is 15.6. The Labute approximate surface area is 156 Å². The maximum absolute atomic E-state index is 6.27. The summed E-state index contributed by atoms with van der Waals surface area (Å²) in [6.45, 7) is 6.56. The van der Waals surface area contributed by atoms with Crippen molar-refractivity contribution < 1.29 is 8.98 Å². The Hall–Kier alpha value is -2.65. The van der Waals surface area contributed by atoms with E-state index in [0.29, 0.717) is 0 Å². The molecule has 0 fully saturated rings. The largest absolute Gasteiger partial charge is 0.403 e. The van der Waals surface area contributed by atoms with E-state index < -0.39 is 0 Å². The number of furan rings is 1. The Kier molecular flexibility index (Phi) is 3.25. The molecule has 2 nitrogen and oxygen atoms in total. The smallest absolute Gasteiger partial charge is 0.393 e. The lowest BCUT2D eigenvalue weighted by atomic mass is 10.0. The van der Waals surface area contributed by atoms with E-state index in [-0.39, 0.29) is 0 Å². The molecule has 0 spiro atoms. The summed E-state index contributed by atoms with van der Waals surface area (Å²) in [5.41, 5.74) is 7.18. The topological polar surface area (TPSA) is 17.0 Å². The number of nitrogens with zero attached hydrogens (tertiary/aromatic N) is 1. The normalized spacial score (nSPS) is 11.8. The molecular formula is C23H20NOS+. The fourth-order valence-corrected chi connectivity index (χ4v) is 5.21. The molecule has 5 rings (SSSR count). The predicted molar refractivity (Wildman–Crippen MR) is 110 cm³/mol. The number of fused-ring (bicyclic) bond motifs is 5. The van der Waals surface area contributed by atoms with Gasteiger partial charge in [0.15, 0.2) is 4.70 Å². The zero-order valence-electron chi connectivity index (χ0n) is 15.4. The van der Waals surface area contributed by atoms with Crippen LogP contribution < -0.4 is 4.57 Å². The Balaban J connectivity index is 1.90. The Morgan fingerprint density at radius 2 is 1.77 bits per heavy atom. The third kappa shape index (κ3) is 2.07. The van der Waals surface area contributed by atoms with Crippen LogP contribution in [0.15, 0.2) is 52.9 Å². The van der Waals surface area contributed by atoms with Gasteiger partial charge in [-0.25, -0.2) is 0 Å². The van der Waals surface area contributed by atoms with Crippen LogP contribution >= 0.6 is 11.3 Å². The fraction of sp³-hybridized carbons (Fsp3) is 0.174. The van der Waals surface area contributed by atoms with Gasteiger partial charge in [0, 0.05) is 0 Å². The van der Waals surface area contributed by atoms with Gasteiger partial charge in [0.25, 0.3) is 5.01 Å². The van der Waals surface area contributed by atoms with Gasteiger partial charge in [-0.2, -0.15) is 4.57 Å². The second-order valence-electron chi connectivity index (χ2n) is 7.12. The van der Waals surface area contributed by atoms with Gasteiger partial charge in [-0.05, 0) is 60.4 Å². The molecule has 128 valence electrons. The van der Waals surface area contributed by atoms with Gasteiger partial charge in [-0.3, -0.25) is 0 Å². The van der Waals surface area contributed by atoms with E-state index in [0.717, 1.165) is 11.3 Å². The van der Waals surface area contributed by atoms with Crippen molar-refractivity contribution in [1.29, 1.82) is 0 Å². The first-order chi connectivity index (χ1) is 12.5. The summed E-state index contributed by atoms with van der Waals surface area (Å²) < 4.78 is 9.70. The van der Waals surface area contributed by atoms with Gasteiger partial charge in [0.2, 0.25) is 0 Å². The highest BCUT2D eigenvalue weighted by atomic mass is 32.1. The van der Waals surface area contributed by atoms with Crippen LogP contribution in [0, 0.1) is 20.8 Å². The molecule has 0 aliphatic carbocycles. The van der Waals surface area contributed by atoms with Crippen molar-refractivity contribution in [2.45, 2.75) is 20.8 Å². The summed E-state index contributed by atoms with van der Waals surface area (Å²) in [5, 5.41) is 4.99. The summed E-state index contributed by atoms with van der Waals surface area (Å²) in [6.07, 6.45) is 0. The molecule has 0 aliphatic heterocycles. The first-order valence-corrected chi connectivity index (χ1v) is 9.67. The molecule has 0 atom stereocenters. The number of aryl methyl sites for hydroxylation is 3. The molecule has 2 aromatic heterocycles. The van der Waals surface area contributed by atoms with E-state index >= 15 is 0 Å². The first-order valence-electron chi connectivity index (χ1n) is 8.85. The number of rotatable bonds is 1. The van der Waals surface area contributed by atoms with Crippen LogP contribution in [0.2, 0.25) is 0 Å². The average Bonchev–Trinajstić information content (AvgIpc) is 3.15. The van der Waals surface area contributed by atoms with Crippen LogP contribution in [-0.2, 0) is 7.05 Å². The predicted octanol–water partition coefficient (Wildman–Crippen LogP) is 6.22. The second kappa shape index (κ2) is 5.42. The third-order valence-electron chi connectivity index (χ3n) is 5.37. The van der Waals surface area contributed by atoms with Crippen LogP contribution in [0.1, 0.15) is 16.7 Å². The van der Waals surface area contributed by atoms with Gasteiger partial charge in [0.1, 0.15) is 12.6 Å². The van der Waals surface area contributed by atoms with Crippen molar-refractivity contribution in [3.8, 4) is 10.6 Å². The summed E-state index contributed by atoms with van der Waals surface area (Å²) >= 11 is 1.83. The maximum atomic E-state index is 6.27. The van der Waals surface area contributed by atoms with Crippen LogP contribution in [0.5, 0.6) is 0 Å². The van der Waals surface area contributed by atoms with E-state index in [1.807, 2.05) is 11.3 Å². The van der Waals surface area contributed by atoms with E-state index in [4.69, 9.17) is 4.42 Å². The number of aromatic nitrogens is 1. The molecule has 0 aliphatic rings. The molecule has 0 bridgehead atoms. The Morgan fingerprint density at radius 1 is 0.962 bits per heavy atom. The van der Waals surface area contributed by atoms with Crippen molar-refractivity contribution in [1.82, 2.24) is 0 Å². The molecule has 26 heavy (non-hydrogen) atoms. The summed E-state index contributed by atoms with van der Waals surface area (Å²) in [5.74, 6) is 0. The van der Waals surface area contributed by atoms with Crippen LogP contribution in [0.25, 0.3) is 42.7 Å². The number of hydrogen-bond donors (Lipinski definition) is 0. The van der Waals surface area contributed by atoms with Crippen LogP contribution in [-0.4, -0.2) is 0 Å². The summed E-state index contributed by atoms with van der Waals surface area (Å²) in [4.78, 5) is 0. The fourth-order valence-electron chi connectivity index (χ4n) is 3.90. The monoisotopic (exact) mass is 358 g/mol. The van der Waals surface area contributed by atoms with Crippen LogP contribution in [0.3, 0.4) is 0 Å². The third-order valence-corrected chi connectivity index (χ3v) is 6.64. The molecule has 0 radical (unpaired) electrons. The average molecular weight is 358 g/mol. The van der Waals surface area contributed by atoms with Gasteiger partial charge >= 0.3 is 5.71 Å². The highest BCUT2D eigenvalue weighted by Gasteiger charge is 2.27. The molecular weight excluding hydrogens is 338 g/mol. The van der Waals surface area contributed by atoms with Gasteiger partial charge in [0.05, 0.1) is 10.9 Å². The molecule has 0 N–H and O–H groups in total. The minimum Gasteiger partial charge on any atom is -0.403 e. The highest BCUT2D eigenvalue weighted by Crippen LogP contribution is 2.40. The lowest BCUT2D eigenvalue weighted by Crippen LogP contribution is -2.28. The number of hydrogen-bond acceptors (Lipinski definition) is 2. The van der Waals surface area contributed by atoms with Crippen molar-refractivity contribution in [3.05, 3.63) is 65.2 Å². The van der Waals surface area contributed by atoms with Crippen molar-refractivity contribution in [2.24, 2.45) is 7.05 Å². The standard InChI is InChI=1S/C23H20NOS/c1-13-11-14(2)15(3)18(12-13)23-24(4)22-21(26-23)20-17-8-6-5-7-16(17)9-10-19(20)25-22/h5-12H,1-4H3/q+1. The van der Waals surface area contributed by atoms with Gasteiger partial charge in [-0.15, -0.1) is 0 Å². The van der Waals surface area contributed by atoms with Crippen LogP contribution in [0.4, 0.5) is 0 Å². The molecule has 0 saturated heterocycles. The number of thiazole rings is 1. The van der Waals surface area contributed by atoms with E-state index in [9.17, 15) is 0 Å². The van der Waals surface area contributed by atoms with Gasteiger partial charge < -0.3 is 4.42 Å². The summed E-state index contributed by atoms with van der Waals surface area (Å²) in [6, 6.07) is 17.3. The Bertz CT molecular complexity index is 1320. The Morgan fingerprint density at radius 3 is 2.62 bits per heavy atom. The molecule has 3 heteroatoms. The molecule has 5 aromatic rings. The van der Waals surface area contributed by atoms with Crippen molar-refractivity contribution >= 4 is 43.5 Å². The molecule has 2 heterocycles.